The van der Waals surface area contributed by atoms with Crippen LogP contribution in [0.15, 0.2) is 18.2 Å². The number of hydrogen-bond donors (Lipinski definition) is 2. The maximum absolute atomic E-state index is 13.0. The highest BCUT2D eigenvalue weighted by Crippen LogP contribution is 2.20. The normalized spacial score (nSPS) is 16.9. The highest BCUT2D eigenvalue weighted by Gasteiger charge is 2.28. The maximum Gasteiger partial charge on any atom is 0.123 e. The Morgan fingerprint density at radius 2 is 2.06 bits per heavy atom. The molecule has 1 rings (SSSR count). The molecular formula is C13H19FO2. The van der Waals surface area contributed by atoms with E-state index in [0.717, 1.165) is 11.1 Å². The topological polar surface area (TPSA) is 40.5 Å². The van der Waals surface area contributed by atoms with Crippen molar-refractivity contribution in [1.82, 2.24) is 0 Å². The Morgan fingerprint density at radius 3 is 2.62 bits per heavy atom. The van der Waals surface area contributed by atoms with Gasteiger partial charge in [0.25, 0.3) is 0 Å². The Morgan fingerprint density at radius 1 is 1.44 bits per heavy atom. The first-order chi connectivity index (χ1) is 7.36. The molecule has 0 saturated carbocycles. The van der Waals surface area contributed by atoms with Crippen molar-refractivity contribution in [3.63, 3.8) is 0 Å². The van der Waals surface area contributed by atoms with Crippen LogP contribution in [0.3, 0.4) is 0 Å². The molecule has 0 saturated heterocycles. The van der Waals surface area contributed by atoms with E-state index in [-0.39, 0.29) is 12.2 Å². The van der Waals surface area contributed by atoms with Gasteiger partial charge < -0.3 is 10.2 Å². The third-order valence-electron chi connectivity index (χ3n) is 3.16. The van der Waals surface area contributed by atoms with Crippen molar-refractivity contribution in [3.05, 3.63) is 35.1 Å². The Kier molecular flexibility index (Phi) is 4.05. The van der Waals surface area contributed by atoms with E-state index in [4.69, 9.17) is 0 Å². The molecule has 0 bridgehead atoms. The zero-order valence-corrected chi connectivity index (χ0v) is 10.00. The van der Waals surface area contributed by atoms with E-state index >= 15 is 0 Å². The number of aliphatic hydroxyl groups excluding tert-OH is 1. The third-order valence-corrected chi connectivity index (χ3v) is 3.16. The van der Waals surface area contributed by atoms with Gasteiger partial charge in [-0.1, -0.05) is 13.0 Å². The van der Waals surface area contributed by atoms with Crippen LogP contribution in [0.2, 0.25) is 0 Å². The van der Waals surface area contributed by atoms with Crippen LogP contribution in [-0.2, 0) is 6.42 Å². The van der Waals surface area contributed by atoms with E-state index < -0.39 is 11.7 Å². The highest BCUT2D eigenvalue weighted by molar-refractivity contribution is 5.27. The molecule has 0 fully saturated rings. The third kappa shape index (κ3) is 3.03. The fourth-order valence-electron chi connectivity index (χ4n) is 1.52. The van der Waals surface area contributed by atoms with E-state index in [1.807, 2.05) is 13.8 Å². The van der Waals surface area contributed by atoms with Gasteiger partial charge in [-0.05, 0) is 43.5 Å². The minimum absolute atomic E-state index is 0.268. The van der Waals surface area contributed by atoms with Crippen LogP contribution in [0, 0.1) is 12.7 Å². The lowest BCUT2D eigenvalue weighted by molar-refractivity contribution is -0.0630. The molecule has 16 heavy (non-hydrogen) atoms. The van der Waals surface area contributed by atoms with Crippen LogP contribution in [-0.4, -0.2) is 21.9 Å². The maximum atomic E-state index is 13.0. The number of benzene rings is 1. The molecule has 0 aliphatic rings. The number of aliphatic hydroxyl groups is 2. The van der Waals surface area contributed by atoms with Crippen molar-refractivity contribution < 1.29 is 14.6 Å². The van der Waals surface area contributed by atoms with Crippen molar-refractivity contribution in [1.29, 1.82) is 0 Å². The van der Waals surface area contributed by atoms with Crippen LogP contribution < -0.4 is 0 Å². The van der Waals surface area contributed by atoms with Gasteiger partial charge in [-0.25, -0.2) is 4.39 Å². The van der Waals surface area contributed by atoms with Crippen LogP contribution >= 0.6 is 0 Å². The summed E-state index contributed by atoms with van der Waals surface area (Å²) < 4.78 is 13.0. The molecule has 0 heterocycles. The van der Waals surface area contributed by atoms with Crippen molar-refractivity contribution in [2.75, 3.05) is 0 Å². The molecule has 0 aromatic heterocycles. The smallest absolute Gasteiger partial charge is 0.123 e. The first-order valence-electron chi connectivity index (χ1n) is 5.52. The summed E-state index contributed by atoms with van der Waals surface area (Å²) in [5.74, 6) is -0.316. The molecule has 1 aromatic carbocycles. The molecule has 2 N–H and O–H groups in total. The predicted octanol–water partition coefficient (Wildman–Crippen LogP) is 2.20. The van der Waals surface area contributed by atoms with Crippen molar-refractivity contribution in [2.45, 2.75) is 45.3 Å². The Bertz CT molecular complexity index is 361. The Hall–Kier alpha value is -0.930. The summed E-state index contributed by atoms with van der Waals surface area (Å²) in [6, 6.07) is 4.48. The molecule has 0 aliphatic heterocycles. The second-order valence-corrected chi connectivity index (χ2v) is 4.50. The summed E-state index contributed by atoms with van der Waals surface area (Å²) in [4.78, 5) is 0. The fourth-order valence-corrected chi connectivity index (χ4v) is 1.52. The minimum Gasteiger partial charge on any atom is -0.390 e. The summed E-state index contributed by atoms with van der Waals surface area (Å²) in [5.41, 5.74) is 0.534. The quantitative estimate of drug-likeness (QED) is 0.826. The summed E-state index contributed by atoms with van der Waals surface area (Å²) in [6.45, 7) is 5.26. The van der Waals surface area contributed by atoms with Crippen molar-refractivity contribution >= 4 is 0 Å². The molecule has 1 aromatic rings. The summed E-state index contributed by atoms with van der Waals surface area (Å²) in [6.07, 6.45) is -0.148. The van der Waals surface area contributed by atoms with Crippen molar-refractivity contribution in [3.8, 4) is 0 Å². The lowest BCUT2D eigenvalue weighted by atomic mass is 9.90. The molecule has 0 radical (unpaired) electrons. The number of aryl methyl sites for hydroxylation is 1. The summed E-state index contributed by atoms with van der Waals surface area (Å²) in [7, 11) is 0. The van der Waals surface area contributed by atoms with Gasteiger partial charge in [0.05, 0.1) is 11.7 Å². The van der Waals surface area contributed by atoms with Crippen LogP contribution in [0.5, 0.6) is 0 Å². The Balaban J connectivity index is 2.84. The lowest BCUT2D eigenvalue weighted by Gasteiger charge is -2.28. The van der Waals surface area contributed by atoms with E-state index in [2.05, 4.69) is 0 Å². The standard InChI is InChI=1S/C13H19FO2/c1-4-13(3,16)12(15)8-10-7-11(14)6-5-9(10)2/h5-7,12,15-16H,4,8H2,1-3H3. The van der Waals surface area contributed by atoms with Gasteiger partial charge in [0, 0.05) is 6.42 Å². The zero-order chi connectivity index (χ0) is 12.3. The molecular weight excluding hydrogens is 207 g/mol. The van der Waals surface area contributed by atoms with Crippen LogP contribution in [0.4, 0.5) is 4.39 Å². The molecule has 0 amide bonds. The van der Waals surface area contributed by atoms with Gasteiger partial charge in [0.2, 0.25) is 0 Å². The lowest BCUT2D eigenvalue weighted by Crippen LogP contribution is -2.40. The van der Waals surface area contributed by atoms with E-state index in [0.29, 0.717) is 6.42 Å². The summed E-state index contributed by atoms with van der Waals surface area (Å²) >= 11 is 0. The van der Waals surface area contributed by atoms with Gasteiger partial charge in [-0.3, -0.25) is 0 Å². The SMILES string of the molecule is CCC(C)(O)C(O)Cc1cc(F)ccc1C. The Labute approximate surface area is 95.7 Å². The van der Waals surface area contributed by atoms with E-state index in [9.17, 15) is 14.6 Å². The number of hydrogen-bond acceptors (Lipinski definition) is 2. The fraction of sp³-hybridized carbons (Fsp3) is 0.538. The predicted molar refractivity (Wildman–Crippen MR) is 61.8 cm³/mol. The van der Waals surface area contributed by atoms with Crippen LogP contribution in [0.1, 0.15) is 31.4 Å². The highest BCUT2D eigenvalue weighted by atomic mass is 19.1. The molecule has 3 heteroatoms. The molecule has 0 spiro atoms. The zero-order valence-electron chi connectivity index (χ0n) is 10.00. The first kappa shape index (κ1) is 13.1. The van der Waals surface area contributed by atoms with E-state index in [1.165, 1.54) is 12.1 Å². The number of rotatable bonds is 4. The van der Waals surface area contributed by atoms with Gasteiger partial charge in [0.15, 0.2) is 0 Å². The second-order valence-electron chi connectivity index (χ2n) is 4.50. The molecule has 2 unspecified atom stereocenters. The molecule has 0 aliphatic carbocycles. The summed E-state index contributed by atoms with van der Waals surface area (Å²) in [5, 5.41) is 19.7. The number of halogens is 1. The van der Waals surface area contributed by atoms with Gasteiger partial charge >= 0.3 is 0 Å². The monoisotopic (exact) mass is 226 g/mol. The van der Waals surface area contributed by atoms with Crippen molar-refractivity contribution in [2.24, 2.45) is 0 Å². The first-order valence-corrected chi connectivity index (χ1v) is 5.52. The minimum atomic E-state index is -1.13. The second kappa shape index (κ2) is 4.93. The van der Waals surface area contributed by atoms with E-state index in [1.54, 1.807) is 13.0 Å². The molecule has 90 valence electrons. The molecule has 2 atom stereocenters. The average Bonchev–Trinajstić information content (AvgIpc) is 2.23. The average molecular weight is 226 g/mol. The van der Waals surface area contributed by atoms with Gasteiger partial charge in [-0.15, -0.1) is 0 Å². The largest absolute Gasteiger partial charge is 0.390 e. The van der Waals surface area contributed by atoms with Gasteiger partial charge in [0.1, 0.15) is 5.82 Å². The molecule has 2 nitrogen and oxygen atoms in total. The van der Waals surface area contributed by atoms with Crippen LogP contribution in [0.25, 0.3) is 0 Å². The van der Waals surface area contributed by atoms with Gasteiger partial charge in [-0.2, -0.15) is 0 Å².